The molecular weight excluding hydrogens is 295 g/mol. The lowest BCUT2D eigenvalue weighted by atomic mass is 10.1. The molecule has 3 aromatic rings. The third-order valence-electron chi connectivity index (χ3n) is 3.09. The van der Waals surface area contributed by atoms with E-state index in [1.165, 1.54) is 6.07 Å². The molecule has 0 saturated carbocycles. The maximum atomic E-state index is 12.2. The topological polar surface area (TPSA) is 30.2 Å². The van der Waals surface area contributed by atoms with E-state index in [4.69, 9.17) is 27.6 Å². The quantitative estimate of drug-likeness (QED) is 0.628. The van der Waals surface area contributed by atoms with Crippen LogP contribution in [0.3, 0.4) is 0 Å². The average molecular weight is 305 g/mol. The van der Waals surface area contributed by atoms with Gasteiger partial charge in [-0.3, -0.25) is 4.79 Å². The summed E-state index contributed by atoms with van der Waals surface area (Å²) in [6.45, 7) is 1.94. The van der Waals surface area contributed by atoms with Crippen LogP contribution in [-0.4, -0.2) is 0 Å². The minimum Gasteiger partial charge on any atom is -0.456 e. The second kappa shape index (κ2) is 4.97. The highest BCUT2D eigenvalue weighted by molar-refractivity contribution is 6.42. The summed E-state index contributed by atoms with van der Waals surface area (Å²) in [6, 6.07) is 12.1. The van der Waals surface area contributed by atoms with Crippen molar-refractivity contribution >= 4 is 34.2 Å². The highest BCUT2D eigenvalue weighted by Gasteiger charge is 2.08. The van der Waals surface area contributed by atoms with Crippen molar-refractivity contribution in [2.24, 2.45) is 0 Å². The fourth-order valence-corrected chi connectivity index (χ4v) is 2.36. The lowest BCUT2D eigenvalue weighted by Gasteiger charge is -2.05. The van der Waals surface area contributed by atoms with E-state index in [2.05, 4.69) is 0 Å². The molecule has 0 bridgehead atoms. The fraction of sp³-hybridized carbons (Fsp3) is 0.0625. The Morgan fingerprint density at radius 2 is 1.75 bits per heavy atom. The summed E-state index contributed by atoms with van der Waals surface area (Å²) in [6.07, 6.45) is 0. The normalized spacial score (nSPS) is 10.9. The molecule has 0 aliphatic carbocycles. The molecule has 0 unspecified atom stereocenters. The van der Waals surface area contributed by atoms with Gasteiger partial charge >= 0.3 is 0 Å². The molecule has 0 saturated heterocycles. The van der Waals surface area contributed by atoms with E-state index in [9.17, 15) is 4.79 Å². The van der Waals surface area contributed by atoms with Gasteiger partial charge in [-0.15, -0.1) is 0 Å². The molecular formula is C16H10Cl2O2. The minimum absolute atomic E-state index is 0.0731. The van der Waals surface area contributed by atoms with Crippen molar-refractivity contribution in [2.45, 2.75) is 6.92 Å². The Labute approximate surface area is 125 Å². The molecule has 0 amide bonds. The van der Waals surface area contributed by atoms with Crippen LogP contribution in [0, 0.1) is 6.92 Å². The summed E-state index contributed by atoms with van der Waals surface area (Å²) in [4.78, 5) is 12.2. The van der Waals surface area contributed by atoms with E-state index in [0.717, 1.165) is 11.1 Å². The molecule has 1 aromatic heterocycles. The molecule has 1 heterocycles. The van der Waals surface area contributed by atoms with Crippen LogP contribution in [0.25, 0.3) is 22.3 Å². The SMILES string of the molecule is Cc1ccc2oc(-c3ccc(Cl)c(Cl)c3)cc(=O)c2c1. The summed E-state index contributed by atoms with van der Waals surface area (Å²) in [7, 11) is 0. The number of hydrogen-bond acceptors (Lipinski definition) is 2. The Morgan fingerprint density at radius 3 is 2.50 bits per heavy atom. The first kappa shape index (κ1) is 13.2. The zero-order valence-electron chi connectivity index (χ0n) is 10.6. The van der Waals surface area contributed by atoms with Gasteiger partial charge in [0.25, 0.3) is 0 Å². The molecule has 0 atom stereocenters. The number of hydrogen-bond donors (Lipinski definition) is 0. The van der Waals surface area contributed by atoms with Crippen molar-refractivity contribution in [1.29, 1.82) is 0 Å². The van der Waals surface area contributed by atoms with Gasteiger partial charge in [-0.05, 0) is 37.3 Å². The van der Waals surface area contributed by atoms with Gasteiger partial charge in [0.05, 0.1) is 15.4 Å². The first-order valence-electron chi connectivity index (χ1n) is 6.04. The predicted octanol–water partition coefficient (Wildman–Crippen LogP) is 5.08. The van der Waals surface area contributed by atoms with E-state index in [0.29, 0.717) is 26.8 Å². The Morgan fingerprint density at radius 1 is 0.950 bits per heavy atom. The van der Waals surface area contributed by atoms with Gasteiger partial charge in [0.2, 0.25) is 0 Å². The standard InChI is InChI=1S/C16H10Cl2O2/c1-9-2-5-15-11(6-9)14(19)8-16(20-15)10-3-4-12(17)13(18)7-10/h2-8H,1H3. The summed E-state index contributed by atoms with van der Waals surface area (Å²) < 4.78 is 5.78. The van der Waals surface area contributed by atoms with Gasteiger partial charge in [0.1, 0.15) is 11.3 Å². The highest BCUT2D eigenvalue weighted by atomic mass is 35.5. The van der Waals surface area contributed by atoms with Gasteiger partial charge in [-0.2, -0.15) is 0 Å². The van der Waals surface area contributed by atoms with Crippen LogP contribution in [0.2, 0.25) is 10.0 Å². The van der Waals surface area contributed by atoms with Crippen molar-refractivity contribution < 1.29 is 4.42 Å². The molecule has 100 valence electrons. The molecule has 0 spiro atoms. The summed E-state index contributed by atoms with van der Waals surface area (Å²) in [5, 5.41) is 1.47. The zero-order valence-corrected chi connectivity index (χ0v) is 12.1. The molecule has 0 aliphatic heterocycles. The molecule has 4 heteroatoms. The second-order valence-electron chi connectivity index (χ2n) is 4.60. The van der Waals surface area contributed by atoms with Crippen LogP contribution in [0.4, 0.5) is 0 Å². The Bertz CT molecular complexity index is 866. The Kier molecular flexibility index (Phi) is 3.28. The van der Waals surface area contributed by atoms with Crippen LogP contribution >= 0.6 is 23.2 Å². The van der Waals surface area contributed by atoms with Crippen LogP contribution in [-0.2, 0) is 0 Å². The lowest BCUT2D eigenvalue weighted by molar-refractivity contribution is 0.619. The molecule has 2 nitrogen and oxygen atoms in total. The number of aryl methyl sites for hydroxylation is 1. The number of fused-ring (bicyclic) bond motifs is 1. The minimum atomic E-state index is -0.0731. The van der Waals surface area contributed by atoms with Crippen LogP contribution < -0.4 is 5.43 Å². The summed E-state index contributed by atoms with van der Waals surface area (Å²) >= 11 is 11.9. The third-order valence-corrected chi connectivity index (χ3v) is 3.83. The van der Waals surface area contributed by atoms with Crippen molar-refractivity contribution in [3.63, 3.8) is 0 Å². The van der Waals surface area contributed by atoms with Crippen LogP contribution in [0.1, 0.15) is 5.56 Å². The molecule has 0 N–H and O–H groups in total. The maximum Gasteiger partial charge on any atom is 0.193 e. The van der Waals surface area contributed by atoms with Gasteiger partial charge in [0.15, 0.2) is 5.43 Å². The average Bonchev–Trinajstić information content (AvgIpc) is 2.42. The van der Waals surface area contributed by atoms with Gasteiger partial charge in [0, 0.05) is 11.6 Å². The van der Waals surface area contributed by atoms with E-state index in [-0.39, 0.29) is 5.43 Å². The molecule has 2 aromatic carbocycles. The number of benzene rings is 2. The monoisotopic (exact) mass is 304 g/mol. The van der Waals surface area contributed by atoms with Crippen LogP contribution in [0.15, 0.2) is 51.7 Å². The van der Waals surface area contributed by atoms with Crippen molar-refractivity contribution in [3.8, 4) is 11.3 Å². The lowest BCUT2D eigenvalue weighted by Crippen LogP contribution is -2.00. The van der Waals surface area contributed by atoms with Gasteiger partial charge in [-0.1, -0.05) is 34.8 Å². The Hall–Kier alpha value is -1.77. The Balaban J connectivity index is 2.24. The molecule has 0 radical (unpaired) electrons. The molecule has 3 rings (SSSR count). The van der Waals surface area contributed by atoms with Crippen molar-refractivity contribution in [1.82, 2.24) is 0 Å². The maximum absolute atomic E-state index is 12.2. The number of halogens is 2. The first-order valence-corrected chi connectivity index (χ1v) is 6.80. The molecule has 20 heavy (non-hydrogen) atoms. The van der Waals surface area contributed by atoms with Gasteiger partial charge in [-0.25, -0.2) is 0 Å². The molecule has 0 fully saturated rings. The fourth-order valence-electron chi connectivity index (χ4n) is 2.06. The zero-order chi connectivity index (χ0) is 14.3. The molecule has 0 aliphatic rings. The van der Waals surface area contributed by atoms with Crippen LogP contribution in [0.5, 0.6) is 0 Å². The second-order valence-corrected chi connectivity index (χ2v) is 5.42. The predicted molar refractivity (Wildman–Crippen MR) is 82.7 cm³/mol. The van der Waals surface area contributed by atoms with Crippen molar-refractivity contribution in [3.05, 3.63) is 68.3 Å². The largest absolute Gasteiger partial charge is 0.456 e. The van der Waals surface area contributed by atoms with E-state index in [1.54, 1.807) is 24.3 Å². The van der Waals surface area contributed by atoms with E-state index in [1.807, 2.05) is 19.1 Å². The van der Waals surface area contributed by atoms with E-state index >= 15 is 0 Å². The number of rotatable bonds is 1. The van der Waals surface area contributed by atoms with Gasteiger partial charge < -0.3 is 4.42 Å². The summed E-state index contributed by atoms with van der Waals surface area (Å²) in [5.41, 5.74) is 2.23. The van der Waals surface area contributed by atoms with Crippen molar-refractivity contribution in [2.75, 3.05) is 0 Å². The third kappa shape index (κ3) is 2.33. The highest BCUT2D eigenvalue weighted by Crippen LogP contribution is 2.29. The smallest absolute Gasteiger partial charge is 0.193 e. The van der Waals surface area contributed by atoms with E-state index < -0.39 is 0 Å². The first-order chi connectivity index (χ1) is 9.54. The summed E-state index contributed by atoms with van der Waals surface area (Å²) in [5.74, 6) is 0.477.